The first-order valence-corrected chi connectivity index (χ1v) is 11.3. The summed E-state index contributed by atoms with van der Waals surface area (Å²) in [6.07, 6.45) is -2.24. The van der Waals surface area contributed by atoms with Gasteiger partial charge in [0, 0.05) is 13.1 Å². The van der Waals surface area contributed by atoms with Crippen LogP contribution in [0.2, 0.25) is 0 Å². The minimum Gasteiger partial charge on any atom is -0.492 e. The second kappa shape index (κ2) is 9.27. The summed E-state index contributed by atoms with van der Waals surface area (Å²) in [5.74, 6) is -0.848. The van der Waals surface area contributed by atoms with Crippen LogP contribution in [0.15, 0.2) is 47.4 Å². The molecule has 0 atom stereocenters. The highest BCUT2D eigenvalue weighted by Crippen LogP contribution is 2.34. The fourth-order valence-electron chi connectivity index (χ4n) is 3.42. The number of carbonyl (C=O) groups is 1. The first kappa shape index (κ1) is 23.1. The van der Waals surface area contributed by atoms with Crippen LogP contribution in [0.1, 0.15) is 42.1 Å². The number of nitrogens with zero attached hydrogens (tertiary/aromatic N) is 1. The van der Waals surface area contributed by atoms with Gasteiger partial charge in [-0.25, -0.2) is 8.42 Å². The molecule has 1 aliphatic rings. The molecule has 0 aliphatic carbocycles. The molecule has 2 aromatic rings. The highest BCUT2D eigenvalue weighted by atomic mass is 32.2. The molecule has 2 aromatic carbocycles. The fraction of sp³-hybridized carbons (Fsp3) is 0.381. The number of nitrogens with one attached hydrogen (secondary N) is 1. The quantitative estimate of drug-likeness (QED) is 0.693. The number of hydrogen-bond donors (Lipinski definition) is 1. The standard InChI is InChI=1S/C21H23F3N2O4S/c1-2-30-19-11-10-15(31(28,29)26-12-6-3-7-13-26)14-18(19)25-20(27)16-8-4-5-9-17(16)21(22,23)24/h4-5,8-11,14H,2-3,6-7,12-13H2,1H3,(H,25,27). The summed E-state index contributed by atoms with van der Waals surface area (Å²) >= 11 is 0. The molecule has 10 heteroatoms. The van der Waals surface area contributed by atoms with E-state index in [2.05, 4.69) is 5.32 Å². The molecule has 0 aromatic heterocycles. The third kappa shape index (κ3) is 5.19. The average Bonchev–Trinajstić information content (AvgIpc) is 2.75. The Morgan fingerprint density at radius 2 is 1.77 bits per heavy atom. The largest absolute Gasteiger partial charge is 0.492 e. The van der Waals surface area contributed by atoms with Crippen LogP contribution in [-0.4, -0.2) is 38.3 Å². The van der Waals surface area contributed by atoms with Crippen molar-refractivity contribution in [3.63, 3.8) is 0 Å². The van der Waals surface area contributed by atoms with E-state index < -0.39 is 33.2 Å². The number of amides is 1. The molecule has 0 radical (unpaired) electrons. The van der Waals surface area contributed by atoms with Gasteiger partial charge in [0.05, 0.1) is 28.3 Å². The SMILES string of the molecule is CCOc1ccc(S(=O)(=O)N2CCCCC2)cc1NC(=O)c1ccccc1C(F)(F)F. The molecule has 0 saturated carbocycles. The number of sulfonamides is 1. The van der Waals surface area contributed by atoms with Crippen molar-refractivity contribution in [2.45, 2.75) is 37.3 Å². The van der Waals surface area contributed by atoms with E-state index in [0.29, 0.717) is 13.1 Å². The van der Waals surface area contributed by atoms with Crippen molar-refractivity contribution in [1.82, 2.24) is 4.31 Å². The summed E-state index contributed by atoms with van der Waals surface area (Å²) in [5.41, 5.74) is -1.66. The van der Waals surface area contributed by atoms with Gasteiger partial charge >= 0.3 is 6.18 Å². The second-order valence-electron chi connectivity index (χ2n) is 7.05. The third-order valence-corrected chi connectivity index (χ3v) is 6.82. The maximum atomic E-state index is 13.3. The predicted molar refractivity (Wildman–Crippen MR) is 110 cm³/mol. The van der Waals surface area contributed by atoms with Gasteiger partial charge in [0.15, 0.2) is 0 Å². The molecule has 1 heterocycles. The number of alkyl halides is 3. The lowest BCUT2D eigenvalue weighted by molar-refractivity contribution is -0.137. The van der Waals surface area contributed by atoms with Gasteiger partial charge < -0.3 is 10.1 Å². The van der Waals surface area contributed by atoms with Gasteiger partial charge in [-0.1, -0.05) is 18.6 Å². The van der Waals surface area contributed by atoms with Crippen LogP contribution in [0.25, 0.3) is 0 Å². The molecule has 1 amide bonds. The Labute approximate surface area is 179 Å². The van der Waals surface area contributed by atoms with Gasteiger partial charge in [-0.2, -0.15) is 17.5 Å². The van der Waals surface area contributed by atoms with Crippen molar-refractivity contribution >= 4 is 21.6 Å². The van der Waals surface area contributed by atoms with E-state index in [1.54, 1.807) is 6.92 Å². The molecule has 0 spiro atoms. The highest BCUT2D eigenvalue weighted by molar-refractivity contribution is 7.89. The predicted octanol–water partition coefficient (Wildman–Crippen LogP) is 4.53. The van der Waals surface area contributed by atoms with Crippen molar-refractivity contribution in [3.8, 4) is 5.75 Å². The number of hydrogen-bond acceptors (Lipinski definition) is 4. The van der Waals surface area contributed by atoms with Crippen molar-refractivity contribution in [2.24, 2.45) is 0 Å². The zero-order valence-electron chi connectivity index (χ0n) is 16.9. The van der Waals surface area contributed by atoms with Crippen LogP contribution >= 0.6 is 0 Å². The van der Waals surface area contributed by atoms with Crippen LogP contribution in [0.3, 0.4) is 0 Å². The van der Waals surface area contributed by atoms with Gasteiger partial charge in [0.25, 0.3) is 5.91 Å². The van der Waals surface area contributed by atoms with Crippen LogP contribution < -0.4 is 10.1 Å². The second-order valence-corrected chi connectivity index (χ2v) is 8.99. The molecule has 1 N–H and O–H groups in total. The summed E-state index contributed by atoms with van der Waals surface area (Å²) in [4.78, 5) is 12.6. The molecule has 0 unspecified atom stereocenters. The Morgan fingerprint density at radius 3 is 2.42 bits per heavy atom. The Hall–Kier alpha value is -2.59. The Bertz CT molecular complexity index is 1050. The molecule has 1 saturated heterocycles. The lowest BCUT2D eigenvalue weighted by Gasteiger charge is -2.26. The van der Waals surface area contributed by atoms with Crippen molar-refractivity contribution in [2.75, 3.05) is 25.0 Å². The molecular formula is C21H23F3N2O4S. The molecule has 3 rings (SSSR count). The van der Waals surface area contributed by atoms with Gasteiger partial charge in [0.2, 0.25) is 10.0 Å². The third-order valence-electron chi connectivity index (χ3n) is 4.93. The molecule has 1 aliphatic heterocycles. The van der Waals surface area contributed by atoms with Crippen LogP contribution in [0.4, 0.5) is 18.9 Å². The molecule has 31 heavy (non-hydrogen) atoms. The number of ether oxygens (including phenoxy) is 1. The Balaban J connectivity index is 1.97. The van der Waals surface area contributed by atoms with E-state index in [4.69, 9.17) is 4.74 Å². The fourth-order valence-corrected chi connectivity index (χ4v) is 4.96. The van der Waals surface area contributed by atoms with Gasteiger partial charge in [-0.3, -0.25) is 4.79 Å². The Kier molecular flexibility index (Phi) is 6.90. The Morgan fingerprint density at radius 1 is 1.10 bits per heavy atom. The molecule has 1 fully saturated rings. The maximum absolute atomic E-state index is 13.3. The van der Waals surface area contributed by atoms with Gasteiger partial charge in [0.1, 0.15) is 5.75 Å². The van der Waals surface area contributed by atoms with Crippen LogP contribution in [0, 0.1) is 0 Å². The van der Waals surface area contributed by atoms with E-state index in [1.807, 2.05) is 0 Å². The number of halogens is 3. The monoisotopic (exact) mass is 456 g/mol. The zero-order valence-corrected chi connectivity index (χ0v) is 17.7. The first-order chi connectivity index (χ1) is 14.6. The normalized spacial score (nSPS) is 15.5. The highest BCUT2D eigenvalue weighted by Gasteiger charge is 2.35. The number of benzene rings is 2. The average molecular weight is 456 g/mol. The summed E-state index contributed by atoms with van der Waals surface area (Å²) in [5, 5.41) is 2.39. The van der Waals surface area contributed by atoms with Crippen LogP contribution in [0.5, 0.6) is 5.75 Å². The summed E-state index contributed by atoms with van der Waals surface area (Å²) in [6.45, 7) is 2.72. The lowest BCUT2D eigenvalue weighted by atomic mass is 10.1. The van der Waals surface area contributed by atoms with Crippen molar-refractivity contribution in [1.29, 1.82) is 0 Å². The zero-order chi connectivity index (χ0) is 22.6. The smallest absolute Gasteiger partial charge is 0.417 e. The van der Waals surface area contributed by atoms with Crippen molar-refractivity contribution < 1.29 is 31.1 Å². The van der Waals surface area contributed by atoms with Crippen molar-refractivity contribution in [3.05, 3.63) is 53.6 Å². The number of rotatable bonds is 6. The molecular weight excluding hydrogens is 433 g/mol. The minimum absolute atomic E-state index is 0.0121. The summed E-state index contributed by atoms with van der Waals surface area (Å²) in [7, 11) is -3.80. The maximum Gasteiger partial charge on any atom is 0.417 e. The summed E-state index contributed by atoms with van der Waals surface area (Å²) < 4.78 is 72.6. The number of anilines is 1. The molecule has 6 nitrogen and oxygen atoms in total. The lowest BCUT2D eigenvalue weighted by Crippen LogP contribution is -2.35. The molecule has 0 bridgehead atoms. The van der Waals surface area contributed by atoms with Gasteiger partial charge in [-0.05, 0) is 50.1 Å². The minimum atomic E-state index is -4.71. The first-order valence-electron chi connectivity index (χ1n) is 9.89. The van der Waals surface area contributed by atoms with E-state index in [1.165, 1.54) is 34.6 Å². The van der Waals surface area contributed by atoms with E-state index in [-0.39, 0.29) is 22.9 Å². The van der Waals surface area contributed by atoms with E-state index >= 15 is 0 Å². The van der Waals surface area contributed by atoms with Gasteiger partial charge in [-0.15, -0.1) is 0 Å². The topological polar surface area (TPSA) is 75.7 Å². The van der Waals surface area contributed by atoms with E-state index in [0.717, 1.165) is 31.4 Å². The number of piperidine rings is 1. The van der Waals surface area contributed by atoms with Crippen LogP contribution in [-0.2, 0) is 16.2 Å². The van der Waals surface area contributed by atoms with E-state index in [9.17, 15) is 26.4 Å². The summed E-state index contributed by atoms with van der Waals surface area (Å²) in [6, 6.07) is 8.38. The molecule has 168 valence electrons. The number of carbonyl (C=O) groups excluding carboxylic acids is 1.